The molecule has 3 rings (SSSR count). The van der Waals surface area contributed by atoms with E-state index in [1.54, 1.807) is 0 Å². The Kier molecular flexibility index (Phi) is 7.98. The van der Waals surface area contributed by atoms with Gasteiger partial charge in [-0.3, -0.25) is 0 Å². The predicted molar refractivity (Wildman–Crippen MR) is 109 cm³/mol. The average Bonchev–Trinajstić information content (AvgIpc) is 3.20. The van der Waals surface area contributed by atoms with Crippen LogP contribution in [0.25, 0.3) is 0 Å². The molecule has 2 N–H and O–H groups in total. The van der Waals surface area contributed by atoms with Crippen molar-refractivity contribution in [1.29, 1.82) is 0 Å². The Morgan fingerprint density at radius 1 is 1.30 bits per heavy atom. The van der Waals surface area contributed by atoms with Crippen LogP contribution in [0.4, 0.5) is 0 Å². The van der Waals surface area contributed by atoms with Gasteiger partial charge in [-0.05, 0) is 42.2 Å². The summed E-state index contributed by atoms with van der Waals surface area (Å²) in [6.45, 7) is 6.21. The van der Waals surface area contributed by atoms with E-state index in [2.05, 4.69) is 47.5 Å². The molecule has 4 nitrogen and oxygen atoms in total. The van der Waals surface area contributed by atoms with E-state index in [4.69, 9.17) is 9.73 Å². The molecular formula is C17H26IN3OS. The highest BCUT2D eigenvalue weighted by atomic mass is 127. The summed E-state index contributed by atoms with van der Waals surface area (Å²) in [6, 6.07) is 6.55. The van der Waals surface area contributed by atoms with Gasteiger partial charge in [0.2, 0.25) is 0 Å². The summed E-state index contributed by atoms with van der Waals surface area (Å²) in [5, 5.41) is 7.55. The van der Waals surface area contributed by atoms with Crippen LogP contribution in [-0.2, 0) is 24.5 Å². The quantitative estimate of drug-likeness (QED) is 0.413. The van der Waals surface area contributed by atoms with Gasteiger partial charge < -0.3 is 15.4 Å². The maximum atomic E-state index is 5.47. The third kappa shape index (κ3) is 5.53. The van der Waals surface area contributed by atoms with Crippen LogP contribution in [0.3, 0.4) is 0 Å². The summed E-state index contributed by atoms with van der Waals surface area (Å²) in [4.78, 5) is 4.71. The standard InChI is InChI=1S/C17H25N3OS.HI/c1-2-18-17(20-10-16-4-3-7-22-16)19-9-13-5-6-14-11-21-12-15(14)8-13;/h5-6,8,16H,2-4,7,9-12H2,1H3,(H2,18,19,20);1H. The van der Waals surface area contributed by atoms with Crippen molar-refractivity contribution < 1.29 is 4.74 Å². The Hall–Kier alpha value is -0.470. The van der Waals surface area contributed by atoms with Gasteiger partial charge in [-0.25, -0.2) is 4.99 Å². The van der Waals surface area contributed by atoms with E-state index in [9.17, 15) is 0 Å². The molecule has 1 atom stereocenters. The zero-order valence-corrected chi connectivity index (χ0v) is 16.8. The van der Waals surface area contributed by atoms with Crippen molar-refractivity contribution in [3.05, 3.63) is 34.9 Å². The van der Waals surface area contributed by atoms with Gasteiger partial charge >= 0.3 is 0 Å². The van der Waals surface area contributed by atoms with Crippen molar-refractivity contribution in [3.63, 3.8) is 0 Å². The van der Waals surface area contributed by atoms with Crippen LogP contribution in [0, 0.1) is 0 Å². The first-order chi connectivity index (χ1) is 10.8. The molecule has 2 heterocycles. The number of hydrogen-bond acceptors (Lipinski definition) is 3. The van der Waals surface area contributed by atoms with Gasteiger partial charge in [0.15, 0.2) is 5.96 Å². The molecule has 0 aliphatic carbocycles. The monoisotopic (exact) mass is 447 g/mol. The average molecular weight is 447 g/mol. The Balaban J connectivity index is 0.00000192. The van der Waals surface area contributed by atoms with Crippen molar-refractivity contribution in [1.82, 2.24) is 10.6 Å². The molecule has 0 amide bonds. The molecule has 1 fully saturated rings. The van der Waals surface area contributed by atoms with Gasteiger partial charge in [0.05, 0.1) is 19.8 Å². The summed E-state index contributed by atoms with van der Waals surface area (Å²) in [6.07, 6.45) is 2.67. The van der Waals surface area contributed by atoms with Gasteiger partial charge in [0.25, 0.3) is 0 Å². The number of rotatable bonds is 5. The number of ether oxygens (including phenoxy) is 1. The lowest BCUT2D eigenvalue weighted by atomic mass is 10.1. The maximum Gasteiger partial charge on any atom is 0.191 e. The van der Waals surface area contributed by atoms with E-state index >= 15 is 0 Å². The number of nitrogens with one attached hydrogen (secondary N) is 2. The van der Waals surface area contributed by atoms with E-state index in [1.165, 1.54) is 35.3 Å². The summed E-state index contributed by atoms with van der Waals surface area (Å²) in [5.74, 6) is 2.23. The van der Waals surface area contributed by atoms with E-state index in [0.29, 0.717) is 6.54 Å². The number of thioether (sulfide) groups is 1. The minimum Gasteiger partial charge on any atom is -0.372 e. The van der Waals surface area contributed by atoms with Crippen LogP contribution in [-0.4, -0.2) is 30.1 Å². The van der Waals surface area contributed by atoms with Crippen LogP contribution in [0.1, 0.15) is 36.5 Å². The molecule has 0 saturated carbocycles. The third-order valence-corrected chi connectivity index (χ3v) is 5.47. The number of aliphatic imine (C=N–C) groups is 1. The number of benzene rings is 1. The first-order valence-electron chi connectivity index (χ1n) is 8.17. The summed E-state index contributed by atoms with van der Waals surface area (Å²) in [5.41, 5.74) is 3.88. The van der Waals surface area contributed by atoms with Gasteiger partial charge in [-0.2, -0.15) is 11.8 Å². The molecule has 0 spiro atoms. The van der Waals surface area contributed by atoms with Gasteiger partial charge in [0.1, 0.15) is 0 Å². The van der Waals surface area contributed by atoms with E-state index in [0.717, 1.165) is 37.5 Å². The molecular weight excluding hydrogens is 421 g/mol. The number of guanidine groups is 1. The molecule has 2 aliphatic rings. The summed E-state index contributed by atoms with van der Waals surface area (Å²) in [7, 11) is 0. The molecule has 23 heavy (non-hydrogen) atoms. The molecule has 128 valence electrons. The highest BCUT2D eigenvalue weighted by Crippen LogP contribution is 2.25. The van der Waals surface area contributed by atoms with Crippen molar-refractivity contribution in [2.24, 2.45) is 4.99 Å². The second-order valence-corrected chi connectivity index (χ2v) is 7.22. The van der Waals surface area contributed by atoms with Crippen LogP contribution in [0.15, 0.2) is 23.2 Å². The minimum absolute atomic E-state index is 0. The zero-order valence-electron chi connectivity index (χ0n) is 13.6. The molecule has 6 heteroatoms. The SMILES string of the molecule is CCNC(=NCc1ccc2c(c1)COC2)NCC1CCCS1.I. The normalized spacial score (nSPS) is 20.0. The van der Waals surface area contributed by atoms with Gasteiger partial charge in [0, 0.05) is 18.3 Å². The number of fused-ring (bicyclic) bond motifs is 1. The van der Waals surface area contributed by atoms with Gasteiger partial charge in [-0.15, -0.1) is 24.0 Å². The fourth-order valence-electron chi connectivity index (χ4n) is 2.85. The zero-order chi connectivity index (χ0) is 15.2. The number of halogens is 1. The predicted octanol–water partition coefficient (Wildman–Crippen LogP) is 3.29. The fraction of sp³-hybridized carbons (Fsp3) is 0.588. The summed E-state index contributed by atoms with van der Waals surface area (Å²) >= 11 is 2.07. The maximum absolute atomic E-state index is 5.47. The second-order valence-electron chi connectivity index (χ2n) is 5.81. The van der Waals surface area contributed by atoms with Crippen LogP contribution >= 0.6 is 35.7 Å². The largest absolute Gasteiger partial charge is 0.372 e. The Labute approximate surface area is 160 Å². The fourth-order valence-corrected chi connectivity index (χ4v) is 4.05. The number of nitrogens with zero attached hydrogens (tertiary/aromatic N) is 1. The third-order valence-electron chi connectivity index (χ3n) is 4.07. The molecule has 1 aromatic rings. The highest BCUT2D eigenvalue weighted by molar-refractivity contribution is 14.0. The molecule has 0 bridgehead atoms. The second kappa shape index (κ2) is 9.74. The molecule has 0 aromatic heterocycles. The smallest absolute Gasteiger partial charge is 0.191 e. The topological polar surface area (TPSA) is 45.7 Å². The summed E-state index contributed by atoms with van der Waals surface area (Å²) < 4.78 is 5.47. The lowest BCUT2D eigenvalue weighted by Gasteiger charge is -2.14. The van der Waals surface area contributed by atoms with Crippen LogP contribution in [0.2, 0.25) is 0 Å². The lowest BCUT2D eigenvalue weighted by Crippen LogP contribution is -2.40. The number of hydrogen-bond donors (Lipinski definition) is 2. The molecule has 1 unspecified atom stereocenters. The van der Waals surface area contributed by atoms with Crippen molar-refractivity contribution in [2.45, 2.75) is 44.8 Å². The minimum atomic E-state index is 0. The molecule has 0 radical (unpaired) electrons. The van der Waals surface area contributed by atoms with Crippen LogP contribution in [0.5, 0.6) is 0 Å². The molecule has 1 saturated heterocycles. The van der Waals surface area contributed by atoms with Crippen molar-refractivity contribution in [2.75, 3.05) is 18.8 Å². The molecule has 2 aliphatic heterocycles. The highest BCUT2D eigenvalue weighted by Gasteiger charge is 2.15. The van der Waals surface area contributed by atoms with Crippen LogP contribution < -0.4 is 10.6 Å². The first-order valence-corrected chi connectivity index (χ1v) is 9.22. The van der Waals surface area contributed by atoms with E-state index in [-0.39, 0.29) is 24.0 Å². The lowest BCUT2D eigenvalue weighted by molar-refractivity contribution is 0.134. The first kappa shape index (κ1) is 18.9. The Morgan fingerprint density at radius 2 is 2.17 bits per heavy atom. The van der Waals surface area contributed by atoms with Crippen molar-refractivity contribution >= 4 is 41.7 Å². The van der Waals surface area contributed by atoms with E-state index < -0.39 is 0 Å². The van der Waals surface area contributed by atoms with E-state index in [1.807, 2.05) is 0 Å². The Bertz CT molecular complexity index is 533. The van der Waals surface area contributed by atoms with Gasteiger partial charge in [-0.1, -0.05) is 18.2 Å². The van der Waals surface area contributed by atoms with Crippen molar-refractivity contribution in [3.8, 4) is 0 Å². The molecule has 1 aromatic carbocycles. The Morgan fingerprint density at radius 3 is 2.96 bits per heavy atom.